The topological polar surface area (TPSA) is 4.93 Å². The minimum atomic E-state index is 0.814. The number of halogens is 1. The highest BCUT2D eigenvalue weighted by Gasteiger charge is 2.05. The predicted molar refractivity (Wildman–Crippen MR) is 89.5 cm³/mol. The summed E-state index contributed by atoms with van der Waals surface area (Å²) in [5, 5.41) is 2.06. The number of rotatable bonds is 7. The van der Waals surface area contributed by atoms with E-state index in [0.29, 0.717) is 0 Å². The van der Waals surface area contributed by atoms with Crippen LogP contribution in [0.2, 0.25) is 5.02 Å². The van der Waals surface area contributed by atoms with Gasteiger partial charge in [0.05, 0.1) is 0 Å². The number of aryl methyl sites for hydroxylation is 2. The van der Waals surface area contributed by atoms with E-state index in [1.54, 1.807) is 0 Å². The normalized spacial score (nSPS) is 11.2. The maximum Gasteiger partial charge on any atom is 0.0480 e. The van der Waals surface area contributed by atoms with E-state index in [-0.39, 0.29) is 0 Å². The van der Waals surface area contributed by atoms with Crippen LogP contribution in [0.25, 0.3) is 10.9 Å². The molecule has 0 saturated carbocycles. The largest absolute Gasteiger partial charge is 0.348 e. The van der Waals surface area contributed by atoms with Crippen molar-refractivity contribution >= 4 is 22.5 Å². The Labute approximate surface area is 127 Å². The van der Waals surface area contributed by atoms with Gasteiger partial charge in [0, 0.05) is 28.7 Å². The van der Waals surface area contributed by atoms with E-state index in [9.17, 15) is 0 Å². The fraction of sp³-hybridized carbons (Fsp3) is 0.444. The second-order valence-electron chi connectivity index (χ2n) is 5.77. The van der Waals surface area contributed by atoms with Gasteiger partial charge in [-0.05, 0) is 56.9 Å². The van der Waals surface area contributed by atoms with Crippen molar-refractivity contribution < 1.29 is 0 Å². The third kappa shape index (κ3) is 3.89. The van der Waals surface area contributed by atoms with E-state index < -0.39 is 0 Å². The fourth-order valence-electron chi connectivity index (χ4n) is 2.70. The third-order valence-corrected chi connectivity index (χ3v) is 4.13. The molecule has 1 aromatic carbocycles. The number of benzene rings is 1. The van der Waals surface area contributed by atoms with Crippen molar-refractivity contribution in [3.63, 3.8) is 0 Å². The maximum absolute atomic E-state index is 6.05. The van der Waals surface area contributed by atoms with Crippen molar-refractivity contribution in [3.8, 4) is 0 Å². The van der Waals surface area contributed by atoms with Crippen LogP contribution >= 0.6 is 11.6 Å². The van der Waals surface area contributed by atoms with Gasteiger partial charge in [-0.15, -0.1) is 6.58 Å². The van der Waals surface area contributed by atoms with Gasteiger partial charge >= 0.3 is 0 Å². The number of fused-ring (bicyclic) bond motifs is 1. The molecular formula is C18H24ClN. The molecule has 20 heavy (non-hydrogen) atoms. The highest BCUT2D eigenvalue weighted by atomic mass is 35.5. The van der Waals surface area contributed by atoms with Crippen LogP contribution in [0.1, 0.15) is 44.7 Å². The van der Waals surface area contributed by atoms with E-state index >= 15 is 0 Å². The van der Waals surface area contributed by atoms with E-state index in [4.69, 9.17) is 11.6 Å². The highest BCUT2D eigenvalue weighted by Crippen LogP contribution is 2.23. The van der Waals surface area contributed by atoms with Crippen molar-refractivity contribution in [2.75, 3.05) is 0 Å². The molecule has 0 saturated heterocycles. The molecule has 0 N–H and O–H groups in total. The van der Waals surface area contributed by atoms with Crippen LogP contribution in [-0.2, 0) is 13.5 Å². The molecule has 0 bridgehead atoms. The molecule has 0 amide bonds. The Hall–Kier alpha value is -1.21. The Kier molecular flexibility index (Phi) is 5.31. The zero-order valence-electron chi connectivity index (χ0n) is 12.6. The number of allylic oxidation sites excluding steroid dienone is 1. The smallest absolute Gasteiger partial charge is 0.0480 e. The minimum Gasteiger partial charge on any atom is -0.348 e. The molecule has 2 aromatic rings. The lowest BCUT2D eigenvalue weighted by Gasteiger charge is -2.04. The van der Waals surface area contributed by atoms with Crippen LogP contribution in [0.4, 0.5) is 0 Å². The van der Waals surface area contributed by atoms with Crippen molar-refractivity contribution in [3.05, 3.63) is 47.1 Å². The standard InChI is InChI=1S/C18H24ClN/c1-14(2)8-6-4-5-7-9-17-13-15-12-16(19)10-11-18(15)20(17)3/h10-13H,1,4-9H2,2-3H3. The van der Waals surface area contributed by atoms with Crippen LogP contribution in [0.3, 0.4) is 0 Å². The average molecular weight is 290 g/mol. The molecule has 1 heterocycles. The van der Waals surface area contributed by atoms with E-state index in [1.807, 2.05) is 12.1 Å². The van der Waals surface area contributed by atoms with Gasteiger partial charge in [-0.2, -0.15) is 0 Å². The number of hydrogen-bond donors (Lipinski definition) is 0. The molecule has 0 aliphatic rings. The summed E-state index contributed by atoms with van der Waals surface area (Å²) in [5.41, 5.74) is 3.98. The summed E-state index contributed by atoms with van der Waals surface area (Å²) in [4.78, 5) is 0. The fourth-order valence-corrected chi connectivity index (χ4v) is 2.88. The molecule has 2 heteroatoms. The van der Waals surface area contributed by atoms with Crippen LogP contribution in [0.15, 0.2) is 36.4 Å². The molecular weight excluding hydrogens is 266 g/mol. The molecule has 108 valence electrons. The van der Waals surface area contributed by atoms with Gasteiger partial charge in [0.1, 0.15) is 0 Å². The summed E-state index contributed by atoms with van der Waals surface area (Å²) in [7, 11) is 2.15. The van der Waals surface area contributed by atoms with Gasteiger partial charge in [-0.25, -0.2) is 0 Å². The third-order valence-electron chi connectivity index (χ3n) is 3.89. The number of unbranched alkanes of at least 4 members (excludes halogenated alkanes) is 3. The Morgan fingerprint density at radius 1 is 1.15 bits per heavy atom. The average Bonchev–Trinajstić information content (AvgIpc) is 2.69. The first-order valence-corrected chi connectivity index (χ1v) is 7.84. The zero-order chi connectivity index (χ0) is 14.5. The Bertz CT molecular complexity index is 595. The summed E-state index contributed by atoms with van der Waals surface area (Å²) in [5.74, 6) is 0. The monoisotopic (exact) mass is 289 g/mol. The Morgan fingerprint density at radius 3 is 2.65 bits per heavy atom. The number of hydrogen-bond acceptors (Lipinski definition) is 0. The lowest BCUT2D eigenvalue weighted by Crippen LogP contribution is -1.96. The summed E-state index contributed by atoms with van der Waals surface area (Å²) in [6, 6.07) is 8.39. The second-order valence-corrected chi connectivity index (χ2v) is 6.21. The summed E-state index contributed by atoms with van der Waals surface area (Å²) in [6.45, 7) is 6.06. The van der Waals surface area contributed by atoms with Crippen molar-refractivity contribution in [2.24, 2.45) is 7.05 Å². The first-order valence-electron chi connectivity index (χ1n) is 7.46. The molecule has 0 unspecified atom stereocenters. The summed E-state index contributed by atoms with van der Waals surface area (Å²) >= 11 is 6.05. The minimum absolute atomic E-state index is 0.814. The first-order chi connectivity index (χ1) is 9.58. The zero-order valence-corrected chi connectivity index (χ0v) is 13.3. The van der Waals surface area contributed by atoms with Crippen molar-refractivity contribution in [2.45, 2.75) is 45.4 Å². The van der Waals surface area contributed by atoms with Crippen LogP contribution in [0.5, 0.6) is 0 Å². The summed E-state index contributed by atoms with van der Waals surface area (Å²) in [6.07, 6.45) is 7.47. The number of nitrogens with zero attached hydrogens (tertiary/aromatic N) is 1. The van der Waals surface area contributed by atoms with Gasteiger partial charge in [0.25, 0.3) is 0 Å². The first kappa shape index (κ1) is 15.2. The van der Waals surface area contributed by atoms with E-state index in [1.165, 1.54) is 54.3 Å². The van der Waals surface area contributed by atoms with Crippen molar-refractivity contribution in [1.29, 1.82) is 0 Å². The lowest BCUT2D eigenvalue weighted by atomic mass is 10.1. The van der Waals surface area contributed by atoms with E-state index in [2.05, 4.69) is 37.3 Å². The SMILES string of the molecule is C=C(C)CCCCCCc1cc2cc(Cl)ccc2n1C. The summed E-state index contributed by atoms with van der Waals surface area (Å²) < 4.78 is 2.29. The molecule has 0 fully saturated rings. The lowest BCUT2D eigenvalue weighted by molar-refractivity contribution is 0.628. The molecule has 0 aliphatic heterocycles. The molecule has 1 nitrogen and oxygen atoms in total. The molecule has 1 aromatic heterocycles. The molecule has 0 aliphatic carbocycles. The van der Waals surface area contributed by atoms with Crippen LogP contribution < -0.4 is 0 Å². The highest BCUT2D eigenvalue weighted by molar-refractivity contribution is 6.31. The Balaban J connectivity index is 1.87. The molecule has 2 rings (SSSR count). The van der Waals surface area contributed by atoms with Gasteiger partial charge in [0.2, 0.25) is 0 Å². The van der Waals surface area contributed by atoms with Crippen molar-refractivity contribution in [1.82, 2.24) is 4.57 Å². The quantitative estimate of drug-likeness (QED) is 0.442. The molecule has 0 atom stereocenters. The van der Waals surface area contributed by atoms with E-state index in [0.717, 1.165) is 11.4 Å². The maximum atomic E-state index is 6.05. The number of aromatic nitrogens is 1. The van der Waals surface area contributed by atoms with Gasteiger partial charge < -0.3 is 4.57 Å². The van der Waals surface area contributed by atoms with Gasteiger partial charge in [-0.1, -0.05) is 30.0 Å². The van der Waals surface area contributed by atoms with Crippen LogP contribution in [-0.4, -0.2) is 4.57 Å². The predicted octanol–water partition coefficient (Wildman–Crippen LogP) is 5.90. The second kappa shape index (κ2) is 6.99. The molecule has 0 spiro atoms. The van der Waals surface area contributed by atoms with Gasteiger partial charge in [-0.3, -0.25) is 0 Å². The van der Waals surface area contributed by atoms with Gasteiger partial charge in [0.15, 0.2) is 0 Å². The van der Waals surface area contributed by atoms with Crippen LogP contribution in [0, 0.1) is 0 Å². The molecule has 0 radical (unpaired) electrons. The Morgan fingerprint density at radius 2 is 1.90 bits per heavy atom.